The van der Waals surface area contributed by atoms with E-state index >= 15 is 0 Å². The molecule has 0 bridgehead atoms. The van der Waals surface area contributed by atoms with Crippen LogP contribution in [0, 0.1) is 0 Å². The van der Waals surface area contributed by atoms with Crippen molar-refractivity contribution in [3.63, 3.8) is 0 Å². The van der Waals surface area contributed by atoms with Crippen molar-refractivity contribution in [1.29, 1.82) is 0 Å². The molecular weight excluding hydrogens is 390 g/mol. The monoisotopic (exact) mass is 407 g/mol. The Bertz CT molecular complexity index is 765. The molecule has 0 spiro atoms. The van der Waals surface area contributed by atoms with E-state index in [2.05, 4.69) is 46.1 Å². The van der Waals surface area contributed by atoms with E-state index in [-0.39, 0.29) is 11.9 Å². The molecule has 0 unspecified atom stereocenters. The molecule has 1 aliphatic rings. The van der Waals surface area contributed by atoms with Crippen LogP contribution in [0.15, 0.2) is 46.9 Å². The first-order valence-corrected chi connectivity index (χ1v) is 9.03. The smallest absolute Gasteiger partial charge is 0.308 e. The number of likely N-dealkylation sites (N-methyl/N-ethyl adjacent to an activating group) is 1. The van der Waals surface area contributed by atoms with E-state index in [1.165, 1.54) is 12.5 Å². The van der Waals surface area contributed by atoms with Gasteiger partial charge in [-0.3, -0.25) is 4.79 Å². The third kappa shape index (κ3) is 3.66. The quantitative estimate of drug-likeness (QED) is 0.537. The zero-order valence-corrected chi connectivity index (χ0v) is 16.0. The highest BCUT2D eigenvalue weighted by molar-refractivity contribution is 9.10. The highest BCUT2D eigenvalue weighted by atomic mass is 79.9. The molecule has 24 heavy (non-hydrogen) atoms. The molecule has 0 radical (unpaired) electrons. The molecule has 1 heterocycles. The minimum Gasteiger partial charge on any atom is -0.426 e. The molecule has 0 aliphatic carbocycles. The zero-order chi connectivity index (χ0) is 17.3. The Morgan fingerprint density at radius 1 is 1.17 bits per heavy atom. The first-order chi connectivity index (χ1) is 11.5. The van der Waals surface area contributed by atoms with E-state index in [0.29, 0.717) is 16.7 Å². The maximum Gasteiger partial charge on any atom is 0.308 e. The van der Waals surface area contributed by atoms with Crippen LogP contribution in [0.25, 0.3) is 0 Å². The van der Waals surface area contributed by atoms with Crippen molar-refractivity contribution in [2.45, 2.75) is 18.8 Å². The predicted octanol–water partition coefficient (Wildman–Crippen LogP) is 4.84. The molecule has 0 saturated carbocycles. The van der Waals surface area contributed by atoms with Gasteiger partial charge in [-0.2, -0.15) is 0 Å². The van der Waals surface area contributed by atoms with Gasteiger partial charge in [-0.05, 0) is 36.9 Å². The molecule has 2 aromatic carbocycles. The SMILES string of the molecule is CC(=O)Oc1ccc(Cl)cc1[C@H]1CN(C)C[C@@H]1c1ccccc1Br. The number of rotatable bonds is 3. The summed E-state index contributed by atoms with van der Waals surface area (Å²) in [5, 5.41) is 0.654. The van der Waals surface area contributed by atoms with Crippen LogP contribution in [0.1, 0.15) is 29.9 Å². The van der Waals surface area contributed by atoms with Crippen molar-refractivity contribution < 1.29 is 9.53 Å². The number of carbonyl (C=O) groups excluding carboxylic acids is 1. The second-order valence-electron chi connectivity index (χ2n) is 6.23. The van der Waals surface area contributed by atoms with Gasteiger partial charge in [0.1, 0.15) is 5.75 Å². The molecule has 1 fully saturated rings. The molecule has 3 rings (SSSR count). The molecule has 5 heteroatoms. The maximum atomic E-state index is 11.5. The standard InChI is InChI=1S/C19H19BrClNO2/c1-12(23)24-19-8-7-13(21)9-15(19)17-11-22(2)10-16(17)14-5-3-4-6-18(14)20/h3-9,16-17H,10-11H2,1-2H3/t16-,17-/m1/s1. The van der Waals surface area contributed by atoms with Crippen molar-refractivity contribution in [2.75, 3.05) is 20.1 Å². The first kappa shape index (κ1) is 17.5. The van der Waals surface area contributed by atoms with Crippen molar-refractivity contribution >= 4 is 33.5 Å². The van der Waals surface area contributed by atoms with Crippen LogP contribution in [0.2, 0.25) is 5.02 Å². The van der Waals surface area contributed by atoms with Crippen LogP contribution in [-0.2, 0) is 4.79 Å². The number of benzene rings is 2. The summed E-state index contributed by atoms with van der Waals surface area (Å²) in [6.45, 7) is 3.25. The lowest BCUT2D eigenvalue weighted by molar-refractivity contribution is -0.131. The third-order valence-corrected chi connectivity index (χ3v) is 5.39. The highest BCUT2D eigenvalue weighted by Crippen LogP contribution is 2.45. The van der Waals surface area contributed by atoms with Gasteiger partial charge in [0.05, 0.1) is 0 Å². The molecule has 0 N–H and O–H groups in total. The summed E-state index contributed by atoms with van der Waals surface area (Å²) in [5.74, 6) is 0.798. The van der Waals surface area contributed by atoms with E-state index < -0.39 is 0 Å². The lowest BCUT2D eigenvalue weighted by Crippen LogP contribution is -2.14. The Balaban J connectivity index is 2.05. The average molecular weight is 409 g/mol. The summed E-state index contributed by atoms with van der Waals surface area (Å²) in [7, 11) is 2.11. The van der Waals surface area contributed by atoms with E-state index in [1.807, 2.05) is 12.1 Å². The van der Waals surface area contributed by atoms with Gasteiger partial charge >= 0.3 is 5.97 Å². The number of likely N-dealkylation sites (tertiary alicyclic amines) is 1. The lowest BCUT2D eigenvalue weighted by Gasteiger charge is -2.22. The van der Waals surface area contributed by atoms with Gasteiger partial charge in [0, 0.05) is 46.9 Å². The van der Waals surface area contributed by atoms with Gasteiger partial charge in [-0.1, -0.05) is 45.7 Å². The van der Waals surface area contributed by atoms with Crippen molar-refractivity contribution in [3.05, 3.63) is 63.1 Å². The summed E-state index contributed by atoms with van der Waals surface area (Å²) in [4.78, 5) is 13.8. The van der Waals surface area contributed by atoms with Gasteiger partial charge in [0.25, 0.3) is 0 Å². The van der Waals surface area contributed by atoms with Crippen LogP contribution in [0.3, 0.4) is 0 Å². The van der Waals surface area contributed by atoms with Gasteiger partial charge < -0.3 is 9.64 Å². The van der Waals surface area contributed by atoms with Gasteiger partial charge in [0.15, 0.2) is 0 Å². The Morgan fingerprint density at radius 3 is 2.50 bits per heavy atom. The van der Waals surface area contributed by atoms with Gasteiger partial charge in [-0.15, -0.1) is 0 Å². The van der Waals surface area contributed by atoms with Crippen LogP contribution >= 0.6 is 27.5 Å². The van der Waals surface area contributed by atoms with Crippen molar-refractivity contribution in [1.82, 2.24) is 4.90 Å². The predicted molar refractivity (Wildman–Crippen MR) is 99.9 cm³/mol. The number of hydrogen-bond acceptors (Lipinski definition) is 3. The topological polar surface area (TPSA) is 29.5 Å². The highest BCUT2D eigenvalue weighted by Gasteiger charge is 2.36. The van der Waals surface area contributed by atoms with E-state index in [9.17, 15) is 4.79 Å². The van der Waals surface area contributed by atoms with E-state index in [0.717, 1.165) is 23.1 Å². The summed E-state index contributed by atoms with van der Waals surface area (Å²) in [6, 6.07) is 13.8. The minimum atomic E-state index is -0.317. The fourth-order valence-electron chi connectivity index (χ4n) is 3.46. The largest absolute Gasteiger partial charge is 0.426 e. The number of ether oxygens (including phenoxy) is 1. The summed E-state index contributed by atoms with van der Waals surface area (Å²) >= 11 is 9.90. The Kier molecular flexibility index (Phi) is 5.28. The lowest BCUT2D eigenvalue weighted by atomic mass is 9.83. The van der Waals surface area contributed by atoms with E-state index in [4.69, 9.17) is 16.3 Å². The first-order valence-electron chi connectivity index (χ1n) is 7.86. The summed E-state index contributed by atoms with van der Waals surface area (Å²) in [6.07, 6.45) is 0. The van der Waals surface area contributed by atoms with E-state index in [1.54, 1.807) is 12.1 Å². The number of hydrogen-bond donors (Lipinski definition) is 0. The van der Waals surface area contributed by atoms with Crippen LogP contribution < -0.4 is 4.74 Å². The zero-order valence-electron chi connectivity index (χ0n) is 13.6. The Hall–Kier alpha value is -1.36. The third-order valence-electron chi connectivity index (χ3n) is 4.43. The summed E-state index contributed by atoms with van der Waals surface area (Å²) < 4.78 is 6.54. The molecule has 2 aromatic rings. The second kappa shape index (κ2) is 7.26. The number of esters is 1. The number of carbonyl (C=O) groups is 1. The molecule has 0 amide bonds. The second-order valence-corrected chi connectivity index (χ2v) is 7.52. The maximum absolute atomic E-state index is 11.5. The Morgan fingerprint density at radius 2 is 1.83 bits per heavy atom. The van der Waals surface area contributed by atoms with Gasteiger partial charge in [0.2, 0.25) is 0 Å². The molecule has 1 saturated heterocycles. The normalized spacial score (nSPS) is 21.0. The molecule has 0 aromatic heterocycles. The number of nitrogens with zero attached hydrogens (tertiary/aromatic N) is 1. The van der Waals surface area contributed by atoms with Crippen LogP contribution in [-0.4, -0.2) is 31.0 Å². The molecule has 3 nitrogen and oxygen atoms in total. The van der Waals surface area contributed by atoms with Crippen LogP contribution in [0.5, 0.6) is 5.75 Å². The molecule has 2 atom stereocenters. The Labute approximate surface area is 155 Å². The minimum absolute atomic E-state index is 0.210. The average Bonchev–Trinajstić information content (AvgIpc) is 2.90. The van der Waals surface area contributed by atoms with Crippen molar-refractivity contribution in [2.24, 2.45) is 0 Å². The summed E-state index contributed by atoms with van der Waals surface area (Å²) in [5.41, 5.74) is 2.25. The van der Waals surface area contributed by atoms with Crippen molar-refractivity contribution in [3.8, 4) is 5.75 Å². The molecule has 1 aliphatic heterocycles. The fraction of sp³-hybridized carbons (Fsp3) is 0.316. The molecular formula is C19H19BrClNO2. The number of halogens is 2. The van der Waals surface area contributed by atoms with Crippen LogP contribution in [0.4, 0.5) is 0 Å². The fourth-order valence-corrected chi connectivity index (χ4v) is 4.22. The molecule has 126 valence electrons. The van der Waals surface area contributed by atoms with Gasteiger partial charge in [-0.25, -0.2) is 0 Å².